The zero-order chi connectivity index (χ0) is 17.8. The molecule has 0 radical (unpaired) electrons. The van der Waals surface area contributed by atoms with Crippen LogP contribution in [0.15, 0.2) is 39.7 Å². The molecule has 7 heteroatoms. The molecular weight excluding hydrogens is 322 g/mol. The van der Waals surface area contributed by atoms with Gasteiger partial charge in [0.2, 0.25) is 0 Å². The second-order valence-corrected chi connectivity index (χ2v) is 6.19. The summed E-state index contributed by atoms with van der Waals surface area (Å²) in [5.74, 6) is 1.40. The summed E-state index contributed by atoms with van der Waals surface area (Å²) in [6.45, 7) is 5.20. The molecule has 0 spiro atoms. The van der Waals surface area contributed by atoms with Crippen LogP contribution in [0.5, 0.6) is 0 Å². The second kappa shape index (κ2) is 7.67. The fourth-order valence-electron chi connectivity index (χ4n) is 2.91. The molecule has 7 nitrogen and oxygen atoms in total. The first-order chi connectivity index (χ1) is 12.0. The van der Waals surface area contributed by atoms with Crippen LogP contribution in [0.3, 0.4) is 0 Å². The van der Waals surface area contributed by atoms with Crippen molar-refractivity contribution in [3.05, 3.63) is 57.9 Å². The number of hydrogen-bond acceptors (Lipinski definition) is 5. The van der Waals surface area contributed by atoms with Crippen molar-refractivity contribution in [3.8, 4) is 0 Å². The minimum atomic E-state index is -0.265. The molecule has 1 unspecified atom stereocenters. The third kappa shape index (κ3) is 4.18. The van der Waals surface area contributed by atoms with Gasteiger partial charge in [0.05, 0.1) is 19.3 Å². The van der Waals surface area contributed by atoms with Gasteiger partial charge in [0.1, 0.15) is 11.5 Å². The molecule has 1 saturated heterocycles. The van der Waals surface area contributed by atoms with Crippen LogP contribution in [0.1, 0.15) is 27.9 Å². The summed E-state index contributed by atoms with van der Waals surface area (Å²) < 4.78 is 12.6. The molecule has 1 aliphatic rings. The van der Waals surface area contributed by atoms with E-state index in [4.69, 9.17) is 9.15 Å². The number of carbonyl (C=O) groups excluding carboxylic acids is 1. The number of nitrogens with zero attached hydrogens (tertiary/aromatic N) is 2. The Balaban J connectivity index is 1.72. The first kappa shape index (κ1) is 17.4. The number of aromatic nitrogens is 1. The molecule has 3 heterocycles. The molecule has 0 saturated carbocycles. The van der Waals surface area contributed by atoms with E-state index in [2.05, 4.69) is 10.2 Å². The lowest BCUT2D eigenvalue weighted by molar-refractivity contribution is 0.0117. The monoisotopic (exact) mass is 345 g/mol. The average molecular weight is 345 g/mol. The number of amides is 1. The van der Waals surface area contributed by atoms with Crippen molar-refractivity contribution in [2.45, 2.75) is 13.0 Å². The van der Waals surface area contributed by atoms with E-state index in [0.717, 1.165) is 24.6 Å². The summed E-state index contributed by atoms with van der Waals surface area (Å²) in [5, 5.41) is 2.92. The molecule has 0 aliphatic carbocycles. The number of rotatable bonds is 5. The molecular formula is C18H23N3O4. The quantitative estimate of drug-likeness (QED) is 0.878. The van der Waals surface area contributed by atoms with E-state index in [1.54, 1.807) is 19.3 Å². The van der Waals surface area contributed by atoms with Crippen LogP contribution >= 0.6 is 0 Å². The Morgan fingerprint density at radius 3 is 2.68 bits per heavy atom. The van der Waals surface area contributed by atoms with Crippen LogP contribution in [-0.4, -0.2) is 48.2 Å². The lowest BCUT2D eigenvalue weighted by Gasteiger charge is -2.33. The standard InChI is InChI=1S/C18H23N3O4/c1-13-3-4-16(25-13)15(21-7-9-24-10-8-21)12-19-18(23)14-5-6-20(2)17(22)11-14/h3-6,11,15H,7-10,12H2,1-2H3,(H,19,23). The first-order valence-corrected chi connectivity index (χ1v) is 8.37. The Hall–Kier alpha value is -2.38. The maximum absolute atomic E-state index is 12.4. The Morgan fingerprint density at radius 1 is 1.28 bits per heavy atom. The van der Waals surface area contributed by atoms with Crippen LogP contribution in [0, 0.1) is 6.92 Å². The van der Waals surface area contributed by atoms with Crippen molar-refractivity contribution < 1.29 is 13.9 Å². The molecule has 1 amide bonds. The molecule has 1 atom stereocenters. The maximum atomic E-state index is 12.4. The highest BCUT2D eigenvalue weighted by atomic mass is 16.5. The van der Waals surface area contributed by atoms with E-state index in [0.29, 0.717) is 25.3 Å². The normalized spacial score (nSPS) is 16.6. The van der Waals surface area contributed by atoms with Gasteiger partial charge in [-0.05, 0) is 25.1 Å². The van der Waals surface area contributed by atoms with Gasteiger partial charge in [-0.25, -0.2) is 0 Å². The molecule has 25 heavy (non-hydrogen) atoms. The summed E-state index contributed by atoms with van der Waals surface area (Å²) in [6.07, 6.45) is 1.59. The third-order valence-electron chi connectivity index (χ3n) is 4.40. The van der Waals surface area contributed by atoms with E-state index in [1.165, 1.54) is 10.6 Å². The summed E-state index contributed by atoms with van der Waals surface area (Å²) in [7, 11) is 1.65. The van der Waals surface area contributed by atoms with Gasteiger partial charge in [0, 0.05) is 44.5 Å². The number of ether oxygens (including phenoxy) is 1. The Labute approximate surface area is 146 Å². The number of aryl methyl sites for hydroxylation is 2. The van der Waals surface area contributed by atoms with Crippen LogP contribution in [0.25, 0.3) is 0 Å². The lowest BCUT2D eigenvalue weighted by Crippen LogP contribution is -2.43. The minimum absolute atomic E-state index is 0.0619. The predicted molar refractivity (Wildman–Crippen MR) is 92.6 cm³/mol. The van der Waals surface area contributed by atoms with Gasteiger partial charge in [-0.15, -0.1) is 0 Å². The van der Waals surface area contributed by atoms with Crippen LogP contribution in [0.4, 0.5) is 0 Å². The molecule has 1 aliphatic heterocycles. The summed E-state index contributed by atoms with van der Waals surface area (Å²) in [4.78, 5) is 26.3. The molecule has 0 bridgehead atoms. The van der Waals surface area contributed by atoms with Crippen molar-refractivity contribution in [1.82, 2.24) is 14.8 Å². The fraction of sp³-hybridized carbons (Fsp3) is 0.444. The summed E-state index contributed by atoms with van der Waals surface area (Å²) >= 11 is 0. The van der Waals surface area contributed by atoms with Crippen molar-refractivity contribution in [1.29, 1.82) is 0 Å². The van der Waals surface area contributed by atoms with Crippen molar-refractivity contribution >= 4 is 5.91 Å². The van der Waals surface area contributed by atoms with Gasteiger partial charge in [-0.3, -0.25) is 14.5 Å². The highest BCUT2D eigenvalue weighted by molar-refractivity contribution is 5.93. The van der Waals surface area contributed by atoms with E-state index in [-0.39, 0.29) is 17.5 Å². The zero-order valence-electron chi connectivity index (χ0n) is 14.5. The average Bonchev–Trinajstić information content (AvgIpc) is 3.04. The zero-order valence-corrected chi connectivity index (χ0v) is 14.5. The van der Waals surface area contributed by atoms with Gasteiger partial charge in [0.25, 0.3) is 11.5 Å². The maximum Gasteiger partial charge on any atom is 0.251 e. The molecule has 0 aromatic carbocycles. The number of morpholine rings is 1. The van der Waals surface area contributed by atoms with E-state index >= 15 is 0 Å². The second-order valence-electron chi connectivity index (χ2n) is 6.19. The van der Waals surface area contributed by atoms with Gasteiger partial charge in [-0.2, -0.15) is 0 Å². The molecule has 3 rings (SSSR count). The Bertz CT molecular complexity index is 790. The smallest absolute Gasteiger partial charge is 0.251 e. The van der Waals surface area contributed by atoms with Gasteiger partial charge in [-0.1, -0.05) is 0 Å². The number of pyridine rings is 1. The van der Waals surface area contributed by atoms with Crippen molar-refractivity contribution in [3.63, 3.8) is 0 Å². The van der Waals surface area contributed by atoms with Crippen molar-refractivity contribution in [2.75, 3.05) is 32.8 Å². The molecule has 1 N–H and O–H groups in total. The Kier molecular flexibility index (Phi) is 5.35. The van der Waals surface area contributed by atoms with E-state index < -0.39 is 0 Å². The van der Waals surface area contributed by atoms with Crippen molar-refractivity contribution in [2.24, 2.45) is 7.05 Å². The highest BCUT2D eigenvalue weighted by Gasteiger charge is 2.25. The topological polar surface area (TPSA) is 76.7 Å². The highest BCUT2D eigenvalue weighted by Crippen LogP contribution is 2.23. The minimum Gasteiger partial charge on any atom is -0.465 e. The lowest BCUT2D eigenvalue weighted by atomic mass is 10.1. The van der Waals surface area contributed by atoms with Gasteiger partial charge >= 0.3 is 0 Å². The number of hydrogen-bond donors (Lipinski definition) is 1. The fourth-order valence-corrected chi connectivity index (χ4v) is 2.91. The SMILES string of the molecule is Cc1ccc(C(CNC(=O)c2ccn(C)c(=O)c2)N2CCOCC2)o1. The number of nitrogens with one attached hydrogen (secondary N) is 1. The van der Waals surface area contributed by atoms with Crippen LogP contribution in [0.2, 0.25) is 0 Å². The molecule has 134 valence electrons. The summed E-state index contributed by atoms with van der Waals surface area (Å²) in [5.41, 5.74) is 0.151. The van der Waals surface area contributed by atoms with Gasteiger partial charge < -0.3 is 19.0 Å². The molecule has 2 aromatic rings. The van der Waals surface area contributed by atoms with Crippen LogP contribution < -0.4 is 10.9 Å². The van der Waals surface area contributed by atoms with E-state index in [1.807, 2.05) is 19.1 Å². The van der Waals surface area contributed by atoms with Gasteiger partial charge in [0.15, 0.2) is 0 Å². The third-order valence-corrected chi connectivity index (χ3v) is 4.40. The largest absolute Gasteiger partial charge is 0.465 e. The van der Waals surface area contributed by atoms with Crippen LogP contribution in [-0.2, 0) is 11.8 Å². The number of carbonyl (C=O) groups is 1. The predicted octanol–water partition coefficient (Wildman–Crippen LogP) is 1.09. The first-order valence-electron chi connectivity index (χ1n) is 8.37. The van der Waals surface area contributed by atoms with E-state index in [9.17, 15) is 9.59 Å². The Morgan fingerprint density at radius 2 is 2.04 bits per heavy atom. The molecule has 2 aromatic heterocycles. The number of furan rings is 1. The molecule has 1 fully saturated rings. The summed E-state index contributed by atoms with van der Waals surface area (Å²) in [6, 6.07) is 6.78.